The van der Waals surface area contributed by atoms with Crippen LogP contribution in [0.25, 0.3) is 21.9 Å². The summed E-state index contributed by atoms with van der Waals surface area (Å²) in [6.07, 6.45) is 13.5. The Morgan fingerprint density at radius 2 is 1.81 bits per heavy atom. The van der Waals surface area contributed by atoms with Crippen LogP contribution in [0.3, 0.4) is 0 Å². The monoisotopic (exact) mass is 654 g/mol. The summed E-state index contributed by atoms with van der Waals surface area (Å²) in [5, 5.41) is 24.9. The largest absolute Gasteiger partial charge is 0.508 e. The lowest BCUT2D eigenvalue weighted by Gasteiger charge is -2.31. The Kier molecular flexibility index (Phi) is 13.9. The first-order valence-electron chi connectivity index (χ1n) is 18.1. The quantitative estimate of drug-likeness (QED) is 0.0619. The van der Waals surface area contributed by atoms with Crippen molar-refractivity contribution < 1.29 is 14.6 Å². The molecule has 0 spiro atoms. The van der Waals surface area contributed by atoms with Crippen molar-refractivity contribution in [2.75, 3.05) is 45.3 Å². The van der Waals surface area contributed by atoms with E-state index < -0.39 is 0 Å². The lowest BCUT2D eigenvalue weighted by Crippen LogP contribution is -2.35. The van der Waals surface area contributed by atoms with E-state index in [2.05, 4.69) is 63.0 Å². The molecule has 3 aromatic carbocycles. The van der Waals surface area contributed by atoms with Crippen LogP contribution in [0.4, 0.5) is 5.69 Å². The highest BCUT2D eigenvalue weighted by Crippen LogP contribution is 2.41. The van der Waals surface area contributed by atoms with Gasteiger partial charge >= 0.3 is 0 Å². The second kappa shape index (κ2) is 18.1. The molecule has 1 atom stereocenters. The molecule has 48 heavy (non-hydrogen) atoms. The van der Waals surface area contributed by atoms with E-state index in [-0.39, 0.29) is 11.2 Å². The Bertz CT molecular complexity index is 1570. The van der Waals surface area contributed by atoms with E-state index in [0.717, 1.165) is 82.3 Å². The molecule has 3 N–H and O–H groups in total. The lowest BCUT2D eigenvalue weighted by molar-refractivity contribution is 0.0819. The molecule has 0 bridgehead atoms. The Morgan fingerprint density at radius 3 is 2.54 bits per heavy atom. The van der Waals surface area contributed by atoms with Gasteiger partial charge in [0.1, 0.15) is 11.6 Å². The smallest absolute Gasteiger partial charge is 0.211 e. The average molecular weight is 655 g/mol. The molecule has 3 aromatic rings. The zero-order valence-electron chi connectivity index (χ0n) is 30.3. The highest BCUT2D eigenvalue weighted by molar-refractivity contribution is 6.12. The predicted molar refractivity (Wildman–Crippen MR) is 203 cm³/mol. The van der Waals surface area contributed by atoms with E-state index in [4.69, 9.17) is 19.9 Å². The summed E-state index contributed by atoms with van der Waals surface area (Å²) in [4.78, 5) is 7.65. The summed E-state index contributed by atoms with van der Waals surface area (Å²) in [6.45, 7) is 14.6. The molecule has 0 aliphatic carbocycles. The van der Waals surface area contributed by atoms with Crippen molar-refractivity contribution in [1.82, 2.24) is 4.90 Å². The van der Waals surface area contributed by atoms with Gasteiger partial charge in [0.2, 0.25) is 5.88 Å². The standard InChI is InChI=1S/C41H58N4O3/c1-7-10-14-20-41(5,19-11-8-2)29-48-37(16-9-3)44-40(45-21-15-23-47-24-22-45)38-30(4)25-35(39(43-6)36(38)28-42)34-27-32(46)26-31-17-12-13-18-33(31)34/h12-13,16-18,25-28,42-43,46H,7-11,14-15,19-24,29H2,1-6H3/b37-16-,42-28?,44-40+. The number of amidine groups is 1. The Labute approximate surface area is 289 Å². The molecule has 7 heteroatoms. The predicted octanol–water partition coefficient (Wildman–Crippen LogP) is 10.1. The van der Waals surface area contributed by atoms with Gasteiger partial charge in [-0.05, 0) is 78.8 Å². The normalized spacial score (nSPS) is 15.7. The summed E-state index contributed by atoms with van der Waals surface area (Å²) in [5.74, 6) is 1.66. The number of hydrogen-bond donors (Lipinski definition) is 3. The number of aliphatic imine (C=N–C) groups is 1. The van der Waals surface area contributed by atoms with Crippen molar-refractivity contribution >= 4 is 28.5 Å². The molecule has 0 saturated carbocycles. The van der Waals surface area contributed by atoms with Gasteiger partial charge in [0, 0.05) is 55.1 Å². The van der Waals surface area contributed by atoms with Gasteiger partial charge in [0.15, 0.2) is 0 Å². The molecule has 7 nitrogen and oxygen atoms in total. The molecule has 260 valence electrons. The summed E-state index contributed by atoms with van der Waals surface area (Å²) in [6, 6.07) is 13.9. The number of anilines is 1. The fourth-order valence-corrected chi connectivity index (χ4v) is 6.87. The van der Waals surface area contributed by atoms with Gasteiger partial charge in [-0.15, -0.1) is 0 Å². The van der Waals surface area contributed by atoms with E-state index >= 15 is 0 Å². The van der Waals surface area contributed by atoms with Crippen LogP contribution < -0.4 is 5.32 Å². The van der Waals surface area contributed by atoms with E-state index in [0.29, 0.717) is 32.2 Å². The van der Waals surface area contributed by atoms with Crippen LogP contribution in [-0.4, -0.2) is 62.0 Å². The van der Waals surface area contributed by atoms with Crippen LogP contribution in [0.1, 0.15) is 102 Å². The van der Waals surface area contributed by atoms with Crippen molar-refractivity contribution in [2.45, 2.75) is 92.4 Å². The highest BCUT2D eigenvalue weighted by Gasteiger charge is 2.27. The molecule has 1 fully saturated rings. The number of fused-ring (bicyclic) bond motifs is 1. The van der Waals surface area contributed by atoms with E-state index in [1.165, 1.54) is 38.3 Å². The summed E-state index contributed by atoms with van der Waals surface area (Å²) >= 11 is 0. The number of phenolic OH excluding ortho intramolecular Hbond substituents is 1. The number of unbranched alkanes of at least 4 members (excludes halogenated alkanes) is 3. The van der Waals surface area contributed by atoms with Crippen molar-refractivity contribution in [3.8, 4) is 16.9 Å². The molecule has 0 radical (unpaired) electrons. The third-order valence-electron chi connectivity index (χ3n) is 9.52. The molecule has 1 unspecified atom stereocenters. The summed E-state index contributed by atoms with van der Waals surface area (Å²) in [7, 11) is 1.90. The third kappa shape index (κ3) is 9.19. The summed E-state index contributed by atoms with van der Waals surface area (Å²) in [5.41, 5.74) is 5.43. The second-order valence-corrected chi connectivity index (χ2v) is 13.5. The fraction of sp³-hybridized carbons (Fsp3) is 0.512. The minimum absolute atomic E-state index is 0.0884. The highest BCUT2D eigenvalue weighted by atomic mass is 16.5. The minimum atomic E-state index is 0.0884. The molecule has 1 aliphatic rings. The lowest BCUT2D eigenvalue weighted by atomic mass is 9.81. The number of nitrogens with one attached hydrogen (secondary N) is 2. The third-order valence-corrected chi connectivity index (χ3v) is 9.52. The maximum Gasteiger partial charge on any atom is 0.211 e. The van der Waals surface area contributed by atoms with Gasteiger partial charge < -0.3 is 30.2 Å². The number of ether oxygens (including phenoxy) is 2. The molecular weight excluding hydrogens is 596 g/mol. The number of aryl methyl sites for hydroxylation is 1. The molecular formula is C41H58N4O3. The Balaban J connectivity index is 1.86. The number of hydrogen-bond acceptors (Lipinski definition) is 6. The molecule has 1 aliphatic heterocycles. The van der Waals surface area contributed by atoms with Gasteiger partial charge in [-0.1, -0.05) is 84.1 Å². The zero-order chi connectivity index (χ0) is 34.5. The van der Waals surface area contributed by atoms with Crippen molar-refractivity contribution in [3.05, 3.63) is 71.1 Å². The Hall–Kier alpha value is -3.84. The van der Waals surface area contributed by atoms with Crippen molar-refractivity contribution in [3.63, 3.8) is 0 Å². The number of phenols is 1. The van der Waals surface area contributed by atoms with Crippen LogP contribution in [0, 0.1) is 17.7 Å². The first-order valence-corrected chi connectivity index (χ1v) is 18.1. The molecule has 1 heterocycles. The molecule has 0 amide bonds. The van der Waals surface area contributed by atoms with Gasteiger partial charge in [0.25, 0.3) is 0 Å². The SMILES string of the molecule is CC/C=C(/N=C(\c1c(C)cc(-c2cc(O)cc3ccccc23)c(NC)c1C=N)N1CCCOCC1)OCC(C)(CCCC)CCCCC. The van der Waals surface area contributed by atoms with Crippen molar-refractivity contribution in [2.24, 2.45) is 10.4 Å². The molecule has 4 rings (SSSR count). The number of nitrogens with zero attached hydrogens (tertiary/aromatic N) is 2. The first kappa shape index (κ1) is 37.0. The first-order chi connectivity index (χ1) is 23.3. The van der Waals surface area contributed by atoms with Crippen LogP contribution in [0.5, 0.6) is 5.75 Å². The maximum absolute atomic E-state index is 10.7. The van der Waals surface area contributed by atoms with Crippen LogP contribution in [0.15, 0.2) is 59.4 Å². The topological polar surface area (TPSA) is 90.2 Å². The van der Waals surface area contributed by atoms with Gasteiger partial charge in [-0.25, -0.2) is 0 Å². The van der Waals surface area contributed by atoms with Crippen LogP contribution >= 0.6 is 0 Å². The van der Waals surface area contributed by atoms with E-state index in [1.807, 2.05) is 31.3 Å². The fourth-order valence-electron chi connectivity index (χ4n) is 6.87. The Morgan fingerprint density at radius 1 is 1.04 bits per heavy atom. The van der Waals surface area contributed by atoms with Crippen LogP contribution in [-0.2, 0) is 9.47 Å². The van der Waals surface area contributed by atoms with E-state index in [1.54, 1.807) is 6.07 Å². The minimum Gasteiger partial charge on any atom is -0.508 e. The summed E-state index contributed by atoms with van der Waals surface area (Å²) < 4.78 is 12.6. The maximum atomic E-state index is 10.7. The molecule has 1 saturated heterocycles. The number of allylic oxidation sites excluding steroid dienone is 1. The van der Waals surface area contributed by atoms with Gasteiger partial charge in [-0.3, -0.25) is 0 Å². The second-order valence-electron chi connectivity index (χ2n) is 13.5. The van der Waals surface area contributed by atoms with Gasteiger partial charge in [-0.2, -0.15) is 4.99 Å². The number of rotatable bonds is 16. The average Bonchev–Trinajstić information content (AvgIpc) is 3.38. The zero-order valence-corrected chi connectivity index (χ0v) is 30.3. The number of aromatic hydroxyl groups is 1. The van der Waals surface area contributed by atoms with E-state index in [9.17, 15) is 5.11 Å². The molecule has 0 aromatic heterocycles. The van der Waals surface area contributed by atoms with Crippen molar-refractivity contribution in [1.29, 1.82) is 5.41 Å². The van der Waals surface area contributed by atoms with Gasteiger partial charge in [0.05, 0.1) is 18.9 Å². The van der Waals surface area contributed by atoms with Crippen LogP contribution in [0.2, 0.25) is 0 Å². The number of benzene rings is 3.